The van der Waals surface area contributed by atoms with Gasteiger partial charge in [-0.05, 0) is 18.5 Å². The first-order valence-electron chi connectivity index (χ1n) is 5.46. The number of nitrogen functional groups attached to an aromatic ring is 1. The summed E-state index contributed by atoms with van der Waals surface area (Å²) in [5.74, 6) is 0.105. The molecule has 0 spiro atoms. The Morgan fingerprint density at radius 3 is 3.12 bits per heavy atom. The molecule has 7 heteroatoms. The zero-order chi connectivity index (χ0) is 12.4. The summed E-state index contributed by atoms with van der Waals surface area (Å²) in [5.41, 5.74) is 6.23. The van der Waals surface area contributed by atoms with Crippen LogP contribution in [0.1, 0.15) is 17.3 Å². The van der Waals surface area contributed by atoms with E-state index in [2.05, 4.69) is 21.5 Å². The smallest absolute Gasteiger partial charge is 0.257 e. The zero-order valence-electron chi connectivity index (χ0n) is 9.90. The summed E-state index contributed by atoms with van der Waals surface area (Å²) in [6.07, 6.45) is 0. The molecule has 2 heterocycles. The summed E-state index contributed by atoms with van der Waals surface area (Å²) in [6.45, 7) is 4.13. The topological polar surface area (TPSA) is 80.5 Å². The van der Waals surface area contributed by atoms with E-state index in [1.807, 2.05) is 0 Å². The van der Waals surface area contributed by atoms with Crippen LogP contribution in [0.15, 0.2) is 0 Å². The maximum absolute atomic E-state index is 11.8. The number of hydrogen-bond donors (Lipinski definition) is 2. The summed E-state index contributed by atoms with van der Waals surface area (Å²) in [4.78, 5) is 13.9. The third-order valence-electron chi connectivity index (χ3n) is 2.78. The minimum absolute atomic E-state index is 0.190. The molecule has 0 aliphatic carbocycles. The Bertz CT molecular complexity index is 420. The highest BCUT2D eigenvalue weighted by Gasteiger charge is 2.27. The van der Waals surface area contributed by atoms with Crippen LogP contribution in [-0.4, -0.2) is 43.1 Å². The molecule has 0 radical (unpaired) electrons. The predicted molar refractivity (Wildman–Crippen MR) is 67.5 cm³/mol. The lowest BCUT2D eigenvalue weighted by atomic mass is 10.2. The molecule has 1 fully saturated rings. The van der Waals surface area contributed by atoms with Gasteiger partial charge in [-0.25, -0.2) is 0 Å². The van der Waals surface area contributed by atoms with Gasteiger partial charge in [-0.15, -0.1) is 0 Å². The van der Waals surface area contributed by atoms with Gasteiger partial charge in [-0.2, -0.15) is 4.37 Å². The molecular formula is C10H16N4O2S. The van der Waals surface area contributed by atoms with Gasteiger partial charge in [0, 0.05) is 13.6 Å². The van der Waals surface area contributed by atoms with Crippen LogP contribution in [0.2, 0.25) is 0 Å². The third kappa shape index (κ3) is 2.20. The summed E-state index contributed by atoms with van der Waals surface area (Å²) in [7, 11) is 1.59. The van der Waals surface area contributed by atoms with E-state index in [0.717, 1.165) is 11.5 Å². The van der Waals surface area contributed by atoms with E-state index in [1.165, 1.54) is 11.5 Å². The van der Waals surface area contributed by atoms with E-state index in [9.17, 15) is 4.79 Å². The quantitative estimate of drug-likeness (QED) is 0.796. The first-order chi connectivity index (χ1) is 8.15. The standard InChI is InChI=1S/C10H16N4O2S/c1-6-5-16-4-3-14(6)10-7(9(15)12-2)8(11)13-17-10/h6H,3-5H2,1-2H3,(H2,11,13)(H,12,15). The Hall–Kier alpha value is -1.34. The number of anilines is 2. The number of nitrogens with two attached hydrogens (primary N) is 1. The fourth-order valence-electron chi connectivity index (χ4n) is 1.86. The third-order valence-corrected chi connectivity index (χ3v) is 3.68. The van der Waals surface area contributed by atoms with Crippen molar-refractivity contribution in [1.29, 1.82) is 0 Å². The summed E-state index contributed by atoms with van der Waals surface area (Å²) in [6, 6.07) is 0.229. The molecule has 0 bridgehead atoms. The van der Waals surface area contributed by atoms with Gasteiger partial charge in [0.1, 0.15) is 10.6 Å². The summed E-state index contributed by atoms with van der Waals surface area (Å²) in [5, 5.41) is 3.42. The van der Waals surface area contributed by atoms with Crippen molar-refractivity contribution in [1.82, 2.24) is 9.69 Å². The SMILES string of the molecule is CNC(=O)c1c(N)nsc1N1CCOCC1C. The lowest BCUT2D eigenvalue weighted by molar-refractivity contribution is 0.0951. The van der Waals surface area contributed by atoms with Crippen LogP contribution in [0.4, 0.5) is 10.8 Å². The fraction of sp³-hybridized carbons (Fsp3) is 0.600. The molecular weight excluding hydrogens is 240 g/mol. The molecule has 94 valence electrons. The second-order valence-corrected chi connectivity index (χ2v) is 4.70. The van der Waals surface area contributed by atoms with Crippen LogP contribution < -0.4 is 16.0 Å². The molecule has 1 aromatic rings. The van der Waals surface area contributed by atoms with Crippen molar-refractivity contribution in [2.24, 2.45) is 0 Å². The van der Waals surface area contributed by atoms with E-state index >= 15 is 0 Å². The van der Waals surface area contributed by atoms with Crippen molar-refractivity contribution in [2.75, 3.05) is 37.4 Å². The first-order valence-corrected chi connectivity index (χ1v) is 6.24. The number of carbonyl (C=O) groups excluding carboxylic acids is 1. The highest BCUT2D eigenvalue weighted by molar-refractivity contribution is 7.11. The molecule has 2 rings (SSSR count). The van der Waals surface area contributed by atoms with Crippen molar-refractivity contribution < 1.29 is 9.53 Å². The van der Waals surface area contributed by atoms with Crippen molar-refractivity contribution in [3.8, 4) is 0 Å². The first kappa shape index (κ1) is 12.1. The number of nitrogens with one attached hydrogen (secondary N) is 1. The molecule has 1 unspecified atom stereocenters. The Kier molecular flexibility index (Phi) is 3.49. The number of aromatic nitrogens is 1. The van der Waals surface area contributed by atoms with Gasteiger partial charge in [-0.1, -0.05) is 0 Å². The summed E-state index contributed by atoms with van der Waals surface area (Å²) >= 11 is 1.26. The van der Waals surface area contributed by atoms with E-state index in [0.29, 0.717) is 24.6 Å². The number of hydrogen-bond acceptors (Lipinski definition) is 6. The highest BCUT2D eigenvalue weighted by Crippen LogP contribution is 2.32. The largest absolute Gasteiger partial charge is 0.382 e. The lowest BCUT2D eigenvalue weighted by Gasteiger charge is -2.34. The number of amides is 1. The molecule has 1 atom stereocenters. The minimum atomic E-state index is -0.190. The van der Waals surface area contributed by atoms with Crippen LogP contribution in [-0.2, 0) is 4.74 Å². The Labute approximate surface area is 104 Å². The highest BCUT2D eigenvalue weighted by atomic mass is 32.1. The Morgan fingerprint density at radius 1 is 1.71 bits per heavy atom. The molecule has 0 saturated carbocycles. The minimum Gasteiger partial charge on any atom is -0.382 e. The van der Waals surface area contributed by atoms with Gasteiger partial charge in [0.15, 0.2) is 5.82 Å². The Balaban J connectivity index is 2.34. The maximum atomic E-state index is 11.8. The van der Waals surface area contributed by atoms with Crippen LogP contribution in [0.3, 0.4) is 0 Å². The number of rotatable bonds is 2. The second kappa shape index (κ2) is 4.89. The molecule has 1 amide bonds. The van der Waals surface area contributed by atoms with Gasteiger partial charge in [0.05, 0.1) is 19.3 Å². The molecule has 1 aromatic heterocycles. The van der Waals surface area contributed by atoms with E-state index in [-0.39, 0.29) is 11.9 Å². The van der Waals surface area contributed by atoms with Crippen LogP contribution >= 0.6 is 11.5 Å². The summed E-state index contributed by atoms with van der Waals surface area (Å²) < 4.78 is 9.45. The van der Waals surface area contributed by atoms with Crippen LogP contribution in [0, 0.1) is 0 Å². The monoisotopic (exact) mass is 256 g/mol. The molecule has 1 saturated heterocycles. The average molecular weight is 256 g/mol. The van der Waals surface area contributed by atoms with Crippen molar-refractivity contribution in [3.05, 3.63) is 5.56 Å². The van der Waals surface area contributed by atoms with Gasteiger partial charge >= 0.3 is 0 Å². The van der Waals surface area contributed by atoms with Gasteiger partial charge in [0.25, 0.3) is 5.91 Å². The van der Waals surface area contributed by atoms with Gasteiger partial charge in [-0.3, -0.25) is 4.79 Å². The molecule has 6 nitrogen and oxygen atoms in total. The maximum Gasteiger partial charge on any atom is 0.257 e. The van der Waals surface area contributed by atoms with Crippen molar-refractivity contribution >= 4 is 28.3 Å². The number of morpholine rings is 1. The second-order valence-electron chi connectivity index (χ2n) is 3.94. The lowest BCUT2D eigenvalue weighted by Crippen LogP contribution is -2.44. The molecule has 1 aliphatic rings. The Morgan fingerprint density at radius 2 is 2.47 bits per heavy atom. The van der Waals surface area contributed by atoms with Crippen LogP contribution in [0.5, 0.6) is 0 Å². The molecule has 1 aliphatic heterocycles. The van der Waals surface area contributed by atoms with Gasteiger partial charge in [0.2, 0.25) is 0 Å². The number of ether oxygens (including phenoxy) is 1. The number of nitrogens with zero attached hydrogens (tertiary/aromatic N) is 2. The van der Waals surface area contributed by atoms with Crippen LogP contribution in [0.25, 0.3) is 0 Å². The molecule has 3 N–H and O–H groups in total. The molecule has 17 heavy (non-hydrogen) atoms. The fourth-order valence-corrected chi connectivity index (χ4v) is 2.80. The van der Waals surface area contributed by atoms with E-state index in [4.69, 9.17) is 10.5 Å². The van der Waals surface area contributed by atoms with Gasteiger partial charge < -0.3 is 20.7 Å². The molecule has 0 aromatic carbocycles. The zero-order valence-corrected chi connectivity index (χ0v) is 10.7. The predicted octanol–water partition coefficient (Wildman–Crippen LogP) is 0.310. The van der Waals surface area contributed by atoms with E-state index in [1.54, 1.807) is 7.05 Å². The number of carbonyl (C=O) groups is 1. The normalized spacial score (nSPS) is 20.4. The van der Waals surface area contributed by atoms with Crippen molar-refractivity contribution in [3.63, 3.8) is 0 Å². The van der Waals surface area contributed by atoms with Crippen molar-refractivity contribution in [2.45, 2.75) is 13.0 Å². The average Bonchev–Trinajstić information content (AvgIpc) is 2.71. The van der Waals surface area contributed by atoms with E-state index < -0.39 is 0 Å².